The van der Waals surface area contributed by atoms with Crippen LogP contribution >= 0.6 is 0 Å². The molecule has 1 aliphatic heterocycles. The fourth-order valence-corrected chi connectivity index (χ4v) is 3.16. The van der Waals surface area contributed by atoms with E-state index in [0.717, 1.165) is 36.2 Å². The Balaban J connectivity index is 1.87. The number of hydrogen-bond donors (Lipinski definition) is 1. The Morgan fingerprint density at radius 3 is 2.86 bits per heavy atom. The Kier molecular flexibility index (Phi) is 4.18. The minimum atomic E-state index is -0.535. The van der Waals surface area contributed by atoms with Crippen molar-refractivity contribution in [2.75, 3.05) is 13.1 Å². The van der Waals surface area contributed by atoms with E-state index in [2.05, 4.69) is 17.9 Å². The van der Waals surface area contributed by atoms with E-state index < -0.39 is 12.0 Å². The number of nitrogens with zero attached hydrogens (tertiary/aromatic N) is 1. The molecule has 1 saturated heterocycles. The number of morpholine rings is 1. The van der Waals surface area contributed by atoms with Gasteiger partial charge in [-0.2, -0.15) is 0 Å². The van der Waals surface area contributed by atoms with Gasteiger partial charge < -0.3 is 14.9 Å². The quantitative estimate of drug-likeness (QED) is 0.938. The number of furan rings is 1. The highest BCUT2D eigenvalue weighted by molar-refractivity contribution is 5.82. The lowest BCUT2D eigenvalue weighted by Crippen LogP contribution is -2.51. The maximum absolute atomic E-state index is 11.4. The number of benzene rings is 1. The molecule has 0 aliphatic carbocycles. The molecule has 2 N–H and O–H groups in total. The summed E-state index contributed by atoms with van der Waals surface area (Å²) in [5.41, 5.74) is 7.53. The van der Waals surface area contributed by atoms with Gasteiger partial charge in [0.15, 0.2) is 0 Å². The molecular weight excluding hydrogens is 280 g/mol. The molecule has 1 fully saturated rings. The zero-order valence-electron chi connectivity index (χ0n) is 13.0. The summed E-state index contributed by atoms with van der Waals surface area (Å²) in [6.45, 7) is 6.12. The third kappa shape index (κ3) is 2.87. The highest BCUT2D eigenvalue weighted by atomic mass is 16.5. The Bertz CT molecular complexity index is 680. The summed E-state index contributed by atoms with van der Waals surface area (Å²) in [5, 5.41) is 1.15. The first-order valence-corrected chi connectivity index (χ1v) is 7.75. The van der Waals surface area contributed by atoms with Gasteiger partial charge in [0.2, 0.25) is 5.91 Å². The van der Waals surface area contributed by atoms with E-state index in [0.29, 0.717) is 6.54 Å². The van der Waals surface area contributed by atoms with Crippen molar-refractivity contribution >= 4 is 16.9 Å². The number of carbonyl (C=O) groups is 1. The standard InChI is InChI=1S/C17H22N2O3/c1-3-14-13(12-6-4-5-7-15(12)22-14)9-19-8-11(2)21-16(10-19)17(18)20/h4-7,11,16H,3,8-10H2,1-2H3,(H2,18,20)/t11-,16+/m1/s1. The summed E-state index contributed by atoms with van der Waals surface area (Å²) in [6, 6.07) is 8.08. The molecule has 0 saturated carbocycles. The zero-order chi connectivity index (χ0) is 15.7. The molecule has 1 aliphatic rings. The second-order valence-corrected chi connectivity index (χ2v) is 5.89. The lowest BCUT2D eigenvalue weighted by molar-refractivity contribution is -0.142. The number of carbonyl (C=O) groups excluding carboxylic acids is 1. The zero-order valence-corrected chi connectivity index (χ0v) is 13.0. The van der Waals surface area contributed by atoms with Crippen molar-refractivity contribution in [3.05, 3.63) is 35.6 Å². The monoisotopic (exact) mass is 302 g/mol. The normalized spacial score (nSPS) is 23.0. The number of ether oxygens (including phenoxy) is 1. The largest absolute Gasteiger partial charge is 0.461 e. The van der Waals surface area contributed by atoms with Gasteiger partial charge in [-0.3, -0.25) is 9.69 Å². The smallest absolute Gasteiger partial charge is 0.247 e. The minimum absolute atomic E-state index is 0.00510. The van der Waals surface area contributed by atoms with Crippen molar-refractivity contribution in [3.8, 4) is 0 Å². The number of primary amides is 1. The number of nitrogens with two attached hydrogens (primary N) is 1. The van der Waals surface area contributed by atoms with Gasteiger partial charge in [-0.25, -0.2) is 0 Å². The van der Waals surface area contributed by atoms with E-state index in [9.17, 15) is 4.79 Å². The van der Waals surface area contributed by atoms with Gasteiger partial charge >= 0.3 is 0 Å². The molecule has 5 nitrogen and oxygen atoms in total. The number of para-hydroxylation sites is 1. The van der Waals surface area contributed by atoms with Gasteiger partial charge in [-0.05, 0) is 13.0 Å². The minimum Gasteiger partial charge on any atom is -0.461 e. The van der Waals surface area contributed by atoms with Crippen LogP contribution in [0.25, 0.3) is 11.0 Å². The van der Waals surface area contributed by atoms with Crippen molar-refractivity contribution in [2.45, 2.75) is 39.0 Å². The molecule has 2 aromatic rings. The Labute approximate surface area is 130 Å². The second kappa shape index (κ2) is 6.10. The van der Waals surface area contributed by atoms with Crippen LogP contribution in [0.5, 0.6) is 0 Å². The summed E-state index contributed by atoms with van der Waals surface area (Å²) in [7, 11) is 0. The van der Waals surface area contributed by atoms with E-state index in [4.69, 9.17) is 14.9 Å². The number of aryl methyl sites for hydroxylation is 1. The second-order valence-electron chi connectivity index (χ2n) is 5.89. The van der Waals surface area contributed by atoms with Crippen molar-refractivity contribution in [3.63, 3.8) is 0 Å². The van der Waals surface area contributed by atoms with E-state index in [1.807, 2.05) is 25.1 Å². The molecule has 0 radical (unpaired) electrons. The molecule has 3 rings (SSSR count). The van der Waals surface area contributed by atoms with Gasteiger partial charge in [-0.1, -0.05) is 25.1 Å². The van der Waals surface area contributed by atoms with E-state index in [1.165, 1.54) is 5.56 Å². The average Bonchev–Trinajstić information content (AvgIpc) is 2.85. The molecular formula is C17H22N2O3. The summed E-state index contributed by atoms with van der Waals surface area (Å²) in [6.07, 6.45) is 0.310. The molecule has 22 heavy (non-hydrogen) atoms. The van der Waals surface area contributed by atoms with Crippen LogP contribution in [0, 0.1) is 0 Å². The summed E-state index contributed by atoms with van der Waals surface area (Å²) < 4.78 is 11.5. The fraction of sp³-hybridized carbons (Fsp3) is 0.471. The van der Waals surface area contributed by atoms with Crippen LogP contribution in [0.15, 0.2) is 28.7 Å². The third-order valence-corrected chi connectivity index (χ3v) is 4.14. The Hall–Kier alpha value is -1.85. The van der Waals surface area contributed by atoms with Crippen molar-refractivity contribution in [1.82, 2.24) is 4.90 Å². The van der Waals surface area contributed by atoms with Crippen LogP contribution in [0.4, 0.5) is 0 Å². The molecule has 0 unspecified atom stereocenters. The number of amides is 1. The molecule has 1 amide bonds. The van der Waals surface area contributed by atoms with Gasteiger partial charge in [-0.15, -0.1) is 0 Å². The Morgan fingerprint density at radius 1 is 1.36 bits per heavy atom. The SMILES string of the molecule is CCc1oc2ccccc2c1CN1C[C@@H](C)O[C@H](C(N)=O)C1. The molecule has 1 aromatic carbocycles. The molecule has 2 atom stereocenters. The summed E-state index contributed by atoms with van der Waals surface area (Å²) in [4.78, 5) is 13.7. The van der Waals surface area contributed by atoms with Gasteiger partial charge in [0.25, 0.3) is 0 Å². The van der Waals surface area contributed by atoms with E-state index >= 15 is 0 Å². The van der Waals surface area contributed by atoms with E-state index in [-0.39, 0.29) is 6.10 Å². The van der Waals surface area contributed by atoms with Crippen LogP contribution in [0.3, 0.4) is 0 Å². The lowest BCUT2D eigenvalue weighted by Gasteiger charge is -2.35. The van der Waals surface area contributed by atoms with Crippen molar-refractivity contribution < 1.29 is 13.9 Å². The maximum atomic E-state index is 11.4. The molecule has 118 valence electrons. The van der Waals surface area contributed by atoms with Crippen LogP contribution in [-0.4, -0.2) is 36.1 Å². The fourth-order valence-electron chi connectivity index (χ4n) is 3.16. The molecule has 0 spiro atoms. The van der Waals surface area contributed by atoms with Crippen molar-refractivity contribution in [1.29, 1.82) is 0 Å². The maximum Gasteiger partial charge on any atom is 0.247 e. The third-order valence-electron chi connectivity index (χ3n) is 4.14. The van der Waals surface area contributed by atoms with Gasteiger partial charge in [0.1, 0.15) is 17.4 Å². The molecule has 5 heteroatoms. The molecule has 2 heterocycles. The number of hydrogen-bond acceptors (Lipinski definition) is 4. The molecule has 0 bridgehead atoms. The number of fused-ring (bicyclic) bond motifs is 1. The highest BCUT2D eigenvalue weighted by Crippen LogP contribution is 2.28. The first-order valence-electron chi connectivity index (χ1n) is 7.75. The first kappa shape index (κ1) is 15.1. The van der Waals surface area contributed by atoms with E-state index in [1.54, 1.807) is 0 Å². The molecule has 1 aromatic heterocycles. The topological polar surface area (TPSA) is 68.7 Å². The van der Waals surface area contributed by atoms with Crippen LogP contribution in [0.1, 0.15) is 25.2 Å². The average molecular weight is 302 g/mol. The predicted octanol–water partition coefficient (Wildman–Crippen LogP) is 2.07. The first-order chi connectivity index (χ1) is 10.6. The van der Waals surface area contributed by atoms with Crippen LogP contribution in [-0.2, 0) is 22.5 Å². The summed E-state index contributed by atoms with van der Waals surface area (Å²) >= 11 is 0. The highest BCUT2D eigenvalue weighted by Gasteiger charge is 2.29. The Morgan fingerprint density at radius 2 is 2.14 bits per heavy atom. The van der Waals surface area contributed by atoms with Crippen molar-refractivity contribution in [2.24, 2.45) is 5.73 Å². The van der Waals surface area contributed by atoms with Crippen LogP contribution < -0.4 is 5.73 Å². The lowest BCUT2D eigenvalue weighted by atomic mass is 10.1. The van der Waals surface area contributed by atoms with Gasteiger partial charge in [0.05, 0.1) is 6.10 Å². The predicted molar refractivity (Wildman–Crippen MR) is 84.4 cm³/mol. The van der Waals surface area contributed by atoms with Crippen LogP contribution in [0.2, 0.25) is 0 Å². The van der Waals surface area contributed by atoms with Gasteiger partial charge in [0, 0.05) is 37.0 Å². The summed E-state index contributed by atoms with van der Waals surface area (Å²) in [5.74, 6) is 0.611. The number of rotatable bonds is 4.